The van der Waals surface area contributed by atoms with Crippen molar-refractivity contribution in [3.05, 3.63) is 41.5 Å². The van der Waals surface area contributed by atoms with Gasteiger partial charge in [-0.05, 0) is 126 Å². The monoisotopic (exact) mass is 595 g/mol. The van der Waals surface area contributed by atoms with Gasteiger partial charge in [0.25, 0.3) is 0 Å². The summed E-state index contributed by atoms with van der Waals surface area (Å²) in [5.41, 5.74) is 3.90. The fourth-order valence-corrected chi connectivity index (χ4v) is 12.7. The zero-order valence-corrected chi connectivity index (χ0v) is 27.6. The molecule has 5 nitrogen and oxygen atoms in total. The first-order valence-electron chi connectivity index (χ1n) is 16.5. The highest BCUT2D eigenvalue weighted by atomic mass is 32.2. The minimum Gasteiger partial charge on any atom is -0.478 e. The minimum atomic E-state index is -2.96. The number of aromatic carboxylic acids is 1. The van der Waals surface area contributed by atoms with E-state index in [-0.39, 0.29) is 22.1 Å². The molecule has 6 heteroatoms. The van der Waals surface area contributed by atoms with Crippen molar-refractivity contribution < 1.29 is 18.3 Å². The summed E-state index contributed by atoms with van der Waals surface area (Å²) < 4.78 is 23.8. The quantitative estimate of drug-likeness (QED) is 0.353. The maximum absolute atomic E-state index is 11.9. The van der Waals surface area contributed by atoms with Crippen LogP contribution in [0.4, 0.5) is 0 Å². The van der Waals surface area contributed by atoms with E-state index < -0.39 is 15.8 Å². The molecule has 8 atom stereocenters. The number of carboxylic acids is 1. The summed E-state index contributed by atoms with van der Waals surface area (Å²) in [7, 11) is -2.96. The lowest BCUT2D eigenvalue weighted by Gasteiger charge is -2.72. The zero-order chi connectivity index (χ0) is 30.3. The van der Waals surface area contributed by atoms with Crippen LogP contribution in [0.3, 0.4) is 0 Å². The average Bonchev–Trinajstić information content (AvgIpc) is 3.32. The Kier molecular flexibility index (Phi) is 7.18. The number of fused-ring (bicyclic) bond motifs is 7. The van der Waals surface area contributed by atoms with E-state index in [1.165, 1.54) is 75.2 Å². The summed E-state index contributed by atoms with van der Waals surface area (Å²) in [5.74, 6) is 2.00. The first kappa shape index (κ1) is 30.4. The third kappa shape index (κ3) is 4.39. The van der Waals surface area contributed by atoms with Crippen molar-refractivity contribution in [3.8, 4) is 0 Å². The van der Waals surface area contributed by atoms with Crippen molar-refractivity contribution in [1.82, 2.24) is 5.32 Å². The lowest BCUT2D eigenvalue weighted by Crippen LogP contribution is -2.67. The van der Waals surface area contributed by atoms with Crippen molar-refractivity contribution in [2.24, 2.45) is 45.3 Å². The lowest BCUT2D eigenvalue weighted by atomic mass is 9.33. The van der Waals surface area contributed by atoms with Crippen LogP contribution in [0.1, 0.15) is 115 Å². The Bertz CT molecular complexity index is 1380. The molecule has 0 radical (unpaired) electrons. The largest absolute Gasteiger partial charge is 0.478 e. The van der Waals surface area contributed by atoms with E-state index in [0.29, 0.717) is 46.6 Å². The summed E-state index contributed by atoms with van der Waals surface area (Å²) in [6.07, 6.45) is 16.3. The smallest absolute Gasteiger partial charge is 0.335 e. The summed E-state index contributed by atoms with van der Waals surface area (Å²) in [5, 5.41) is 13.3. The Morgan fingerprint density at radius 1 is 0.881 bits per heavy atom. The summed E-state index contributed by atoms with van der Waals surface area (Å²) in [6.45, 7) is 13.4. The van der Waals surface area contributed by atoms with Crippen molar-refractivity contribution in [2.45, 2.75) is 104 Å². The van der Waals surface area contributed by atoms with Crippen molar-refractivity contribution >= 4 is 21.4 Å². The fourth-order valence-electron chi connectivity index (χ4n) is 12.3. The normalized spacial score (nSPS) is 42.5. The van der Waals surface area contributed by atoms with Gasteiger partial charge in [0.05, 0.1) is 11.3 Å². The van der Waals surface area contributed by atoms with E-state index in [2.05, 4.69) is 46.0 Å². The van der Waals surface area contributed by atoms with Gasteiger partial charge in [-0.15, -0.1) is 0 Å². The molecule has 0 amide bonds. The Morgan fingerprint density at radius 2 is 1.60 bits per heavy atom. The standard InChI is InChI=1S/C36H53NO4S/c1-32(2)26(24-9-11-25(12-10-24)31(38)39)15-18-33(3)29(32)16-19-35(5)30(33)14-13-27-28-8-7-17-36(28,21-20-34(27,35)4)37-22-23-42(6,40)41/h9-12,15,27-30,37H,7-8,13-14,16-23H2,1-6H3,(H,38,39)/t27?,28?,29?,30?,33?,34-,35?,36+/m1/s1. The van der Waals surface area contributed by atoms with Gasteiger partial charge < -0.3 is 10.4 Å². The molecule has 0 saturated heterocycles. The molecule has 232 valence electrons. The van der Waals surface area contributed by atoms with Gasteiger partial charge in [-0.1, -0.05) is 59.2 Å². The van der Waals surface area contributed by atoms with Crippen LogP contribution in [0.5, 0.6) is 0 Å². The molecule has 4 saturated carbocycles. The number of carboxylic acid groups (broad SMARTS) is 1. The van der Waals surface area contributed by atoms with Crippen LogP contribution in [0.25, 0.3) is 5.57 Å². The molecule has 4 fully saturated rings. The minimum absolute atomic E-state index is 0.0214. The van der Waals surface area contributed by atoms with Gasteiger partial charge in [0.15, 0.2) is 0 Å². The molecule has 42 heavy (non-hydrogen) atoms. The van der Waals surface area contributed by atoms with Gasteiger partial charge in [0.1, 0.15) is 9.84 Å². The Labute approximate surface area is 254 Å². The van der Waals surface area contributed by atoms with E-state index in [4.69, 9.17) is 0 Å². The lowest BCUT2D eigenvalue weighted by molar-refractivity contribution is -0.216. The number of hydrogen-bond acceptors (Lipinski definition) is 4. The average molecular weight is 596 g/mol. The molecule has 1 aromatic carbocycles. The molecule has 0 aromatic heterocycles. The zero-order valence-electron chi connectivity index (χ0n) is 26.8. The predicted molar refractivity (Wildman–Crippen MR) is 170 cm³/mol. The van der Waals surface area contributed by atoms with Gasteiger partial charge >= 0.3 is 5.97 Å². The van der Waals surface area contributed by atoms with Gasteiger partial charge in [0, 0.05) is 18.3 Å². The van der Waals surface area contributed by atoms with E-state index >= 15 is 0 Å². The third-order valence-corrected chi connectivity index (χ3v) is 15.3. The molecule has 0 heterocycles. The number of carbonyl (C=O) groups is 1. The molecular weight excluding hydrogens is 542 g/mol. The van der Waals surface area contributed by atoms with Crippen LogP contribution in [-0.4, -0.2) is 43.6 Å². The molecule has 6 unspecified atom stereocenters. The topological polar surface area (TPSA) is 83.5 Å². The highest BCUT2D eigenvalue weighted by molar-refractivity contribution is 7.90. The molecule has 5 aliphatic carbocycles. The van der Waals surface area contributed by atoms with Crippen LogP contribution in [0.15, 0.2) is 30.3 Å². The Morgan fingerprint density at radius 3 is 2.26 bits per heavy atom. The van der Waals surface area contributed by atoms with Crippen molar-refractivity contribution in [1.29, 1.82) is 0 Å². The van der Waals surface area contributed by atoms with Gasteiger partial charge in [-0.25, -0.2) is 13.2 Å². The molecule has 0 bridgehead atoms. The third-order valence-electron chi connectivity index (χ3n) is 14.3. The molecule has 1 aromatic rings. The predicted octanol–water partition coefficient (Wildman–Crippen LogP) is 7.62. The second kappa shape index (κ2) is 9.92. The maximum atomic E-state index is 11.9. The molecule has 2 N–H and O–H groups in total. The number of allylic oxidation sites excluding steroid dienone is 2. The highest BCUT2D eigenvalue weighted by Crippen LogP contribution is 2.76. The molecule has 0 aliphatic heterocycles. The molecule has 6 rings (SSSR count). The number of hydrogen-bond donors (Lipinski definition) is 2. The van der Waals surface area contributed by atoms with Crippen LogP contribution in [0.2, 0.25) is 0 Å². The first-order chi connectivity index (χ1) is 19.6. The number of rotatable bonds is 6. The number of nitrogens with one attached hydrogen (secondary N) is 1. The fraction of sp³-hybridized carbons (Fsp3) is 0.750. The number of benzene rings is 1. The number of sulfone groups is 1. The Hall–Kier alpha value is -1.66. The summed E-state index contributed by atoms with van der Waals surface area (Å²) in [4.78, 5) is 11.5. The van der Waals surface area contributed by atoms with E-state index in [0.717, 1.165) is 6.42 Å². The molecule has 5 aliphatic rings. The van der Waals surface area contributed by atoms with Crippen LogP contribution < -0.4 is 5.32 Å². The van der Waals surface area contributed by atoms with Crippen molar-refractivity contribution in [2.75, 3.05) is 18.6 Å². The van der Waals surface area contributed by atoms with Crippen LogP contribution >= 0.6 is 0 Å². The highest BCUT2D eigenvalue weighted by Gasteiger charge is 2.69. The second-order valence-electron chi connectivity index (χ2n) is 16.3. The maximum Gasteiger partial charge on any atom is 0.335 e. The van der Waals surface area contributed by atoms with E-state index in [1.807, 2.05) is 12.1 Å². The second-order valence-corrected chi connectivity index (χ2v) is 18.6. The van der Waals surface area contributed by atoms with Crippen LogP contribution in [0, 0.1) is 45.3 Å². The molecular formula is C36H53NO4S. The van der Waals surface area contributed by atoms with E-state index in [9.17, 15) is 18.3 Å². The molecule has 0 spiro atoms. The van der Waals surface area contributed by atoms with Gasteiger partial charge in [-0.3, -0.25) is 0 Å². The summed E-state index contributed by atoms with van der Waals surface area (Å²) >= 11 is 0. The van der Waals surface area contributed by atoms with Crippen LogP contribution in [-0.2, 0) is 9.84 Å². The first-order valence-corrected chi connectivity index (χ1v) is 18.6. The summed E-state index contributed by atoms with van der Waals surface area (Å²) in [6, 6.07) is 7.53. The van der Waals surface area contributed by atoms with Gasteiger partial charge in [-0.2, -0.15) is 0 Å². The van der Waals surface area contributed by atoms with E-state index in [1.54, 1.807) is 12.1 Å². The Balaban J connectivity index is 1.29. The van der Waals surface area contributed by atoms with Crippen molar-refractivity contribution in [3.63, 3.8) is 0 Å². The van der Waals surface area contributed by atoms with Gasteiger partial charge in [0.2, 0.25) is 0 Å². The SMILES string of the molecule is CC1(C)C(c2ccc(C(=O)O)cc2)=CCC2(C)C1CCC1(C)C2CCC2C3CCC[C@]3(NCCS(C)(=O)=O)CC[C@]21C.